The first-order chi connectivity index (χ1) is 14.0. The zero-order valence-corrected chi connectivity index (χ0v) is 18.3. The summed E-state index contributed by atoms with van der Waals surface area (Å²) in [4.78, 5) is 12.2. The van der Waals surface area contributed by atoms with Crippen molar-refractivity contribution in [1.29, 1.82) is 0 Å². The van der Waals surface area contributed by atoms with E-state index in [0.29, 0.717) is 38.7 Å². The number of hydrogen-bond donors (Lipinski definition) is 1. The van der Waals surface area contributed by atoms with E-state index in [1.54, 1.807) is 0 Å². The second kappa shape index (κ2) is 12.5. The van der Waals surface area contributed by atoms with Crippen molar-refractivity contribution in [1.82, 2.24) is 5.32 Å². The molecule has 0 bridgehead atoms. The van der Waals surface area contributed by atoms with E-state index in [9.17, 15) is 9.00 Å². The van der Waals surface area contributed by atoms with Crippen LogP contribution in [0.5, 0.6) is 0 Å². The number of aryl methyl sites for hydroxylation is 2. The third kappa shape index (κ3) is 8.90. The lowest BCUT2D eigenvalue weighted by Crippen LogP contribution is -2.28. The number of ether oxygens (including phenoxy) is 2. The smallest absolute Gasteiger partial charge is 0.232 e. The van der Waals surface area contributed by atoms with E-state index in [4.69, 9.17) is 9.47 Å². The maximum absolute atomic E-state index is 12.3. The van der Waals surface area contributed by atoms with Gasteiger partial charge in [0.2, 0.25) is 5.91 Å². The van der Waals surface area contributed by atoms with Crippen LogP contribution in [-0.2, 0) is 44.0 Å². The van der Waals surface area contributed by atoms with Crippen LogP contribution in [0.2, 0.25) is 0 Å². The molecule has 1 unspecified atom stereocenters. The Morgan fingerprint density at radius 3 is 2.55 bits per heavy atom. The van der Waals surface area contributed by atoms with Crippen molar-refractivity contribution < 1.29 is 18.5 Å². The van der Waals surface area contributed by atoms with E-state index in [1.165, 1.54) is 5.56 Å². The normalized spacial score (nSPS) is 12.0. The topological polar surface area (TPSA) is 64.6 Å². The molecule has 1 N–H and O–H groups in total. The second-order valence-electron chi connectivity index (χ2n) is 7.00. The quantitative estimate of drug-likeness (QED) is 0.538. The Balaban J connectivity index is 1.75. The molecule has 0 saturated carbocycles. The number of nitrogens with one attached hydrogen (secondary N) is 1. The summed E-state index contributed by atoms with van der Waals surface area (Å²) in [5.41, 5.74) is 5.35. The predicted molar refractivity (Wildman–Crippen MR) is 117 cm³/mol. The molecule has 2 aromatic carbocycles. The maximum Gasteiger partial charge on any atom is 0.232 e. The Morgan fingerprint density at radius 2 is 1.79 bits per heavy atom. The molecule has 0 aromatic heterocycles. The average Bonchev–Trinajstić information content (AvgIpc) is 2.69. The van der Waals surface area contributed by atoms with Crippen molar-refractivity contribution in [2.24, 2.45) is 0 Å². The predicted octanol–water partition coefficient (Wildman–Crippen LogP) is 3.42. The van der Waals surface area contributed by atoms with Crippen LogP contribution in [0.1, 0.15) is 34.7 Å². The molecule has 2 rings (SSSR count). The van der Waals surface area contributed by atoms with E-state index in [2.05, 4.69) is 11.4 Å². The van der Waals surface area contributed by atoms with Crippen LogP contribution in [0.3, 0.4) is 0 Å². The third-order valence-corrected chi connectivity index (χ3v) is 5.65. The van der Waals surface area contributed by atoms with E-state index < -0.39 is 10.8 Å². The van der Waals surface area contributed by atoms with Crippen molar-refractivity contribution in [3.05, 3.63) is 70.3 Å². The van der Waals surface area contributed by atoms with Crippen molar-refractivity contribution in [3.8, 4) is 0 Å². The van der Waals surface area contributed by atoms with Crippen LogP contribution >= 0.6 is 0 Å². The van der Waals surface area contributed by atoms with Gasteiger partial charge in [0, 0.05) is 29.7 Å². The Kier molecular flexibility index (Phi) is 10.0. The van der Waals surface area contributed by atoms with Crippen LogP contribution in [0, 0.1) is 13.8 Å². The Hall–Kier alpha value is -2.02. The number of carbonyl (C=O) groups excluding carboxylic acids is 1. The Morgan fingerprint density at radius 1 is 1.03 bits per heavy atom. The van der Waals surface area contributed by atoms with Gasteiger partial charge >= 0.3 is 0 Å². The van der Waals surface area contributed by atoms with Gasteiger partial charge in [0.1, 0.15) is 5.75 Å². The molecule has 0 saturated heterocycles. The van der Waals surface area contributed by atoms with Gasteiger partial charge in [0.15, 0.2) is 0 Å². The minimum absolute atomic E-state index is 0.00749. The molecule has 2 aromatic rings. The van der Waals surface area contributed by atoms with Gasteiger partial charge in [0.05, 0.1) is 19.8 Å². The van der Waals surface area contributed by atoms with Crippen LogP contribution in [0.4, 0.5) is 0 Å². The van der Waals surface area contributed by atoms with Crippen LogP contribution in [0.15, 0.2) is 42.5 Å². The van der Waals surface area contributed by atoms with Crippen LogP contribution in [-0.4, -0.2) is 35.7 Å². The Labute approximate surface area is 176 Å². The van der Waals surface area contributed by atoms with Gasteiger partial charge in [-0.05, 0) is 43.0 Å². The fraction of sp³-hybridized carbons (Fsp3) is 0.435. The number of amides is 1. The third-order valence-electron chi connectivity index (χ3n) is 4.43. The average molecular weight is 418 g/mol. The summed E-state index contributed by atoms with van der Waals surface area (Å²) in [5, 5.41) is 2.86. The first-order valence-corrected chi connectivity index (χ1v) is 11.4. The largest absolute Gasteiger partial charge is 0.379 e. The highest BCUT2D eigenvalue weighted by atomic mass is 32.2. The molecule has 0 aliphatic rings. The standard InChI is InChI=1S/C23H31NO4S/c1-4-27-10-11-28-15-21-7-5-6-20(13-21)14-24-23(25)17-29(26)16-22-9-8-18(2)12-19(22)3/h5-9,12-13H,4,10-11,14-17H2,1-3H3,(H,24,25). The molecule has 5 nitrogen and oxygen atoms in total. The zero-order chi connectivity index (χ0) is 21.1. The molecule has 1 atom stereocenters. The van der Waals surface area contributed by atoms with Crippen LogP contribution in [0.25, 0.3) is 0 Å². The lowest BCUT2D eigenvalue weighted by molar-refractivity contribution is -0.118. The number of benzene rings is 2. The highest BCUT2D eigenvalue weighted by molar-refractivity contribution is 7.84. The van der Waals surface area contributed by atoms with E-state index in [-0.39, 0.29) is 11.7 Å². The fourth-order valence-electron chi connectivity index (χ4n) is 2.91. The second-order valence-corrected chi connectivity index (χ2v) is 8.46. The molecule has 0 aliphatic heterocycles. The molecule has 0 aliphatic carbocycles. The van der Waals surface area contributed by atoms with Crippen molar-refractivity contribution in [2.45, 2.75) is 39.7 Å². The van der Waals surface area contributed by atoms with Gasteiger partial charge in [-0.25, -0.2) is 0 Å². The molecule has 29 heavy (non-hydrogen) atoms. The highest BCUT2D eigenvalue weighted by Crippen LogP contribution is 2.13. The number of rotatable bonds is 12. The summed E-state index contributed by atoms with van der Waals surface area (Å²) in [5.74, 6) is 0.202. The zero-order valence-electron chi connectivity index (χ0n) is 17.5. The van der Waals surface area contributed by atoms with Gasteiger partial charge in [-0.1, -0.05) is 48.0 Å². The van der Waals surface area contributed by atoms with Gasteiger partial charge in [0.25, 0.3) is 0 Å². The molecule has 1 amide bonds. The summed E-state index contributed by atoms with van der Waals surface area (Å²) in [6.07, 6.45) is 0. The summed E-state index contributed by atoms with van der Waals surface area (Å²) in [6.45, 7) is 8.74. The minimum atomic E-state index is -1.23. The first-order valence-electron chi connectivity index (χ1n) is 9.89. The van der Waals surface area contributed by atoms with Gasteiger partial charge < -0.3 is 14.8 Å². The summed E-state index contributed by atoms with van der Waals surface area (Å²) >= 11 is 0. The van der Waals surface area contributed by atoms with E-state index in [0.717, 1.165) is 22.3 Å². The van der Waals surface area contributed by atoms with Crippen LogP contribution < -0.4 is 5.32 Å². The molecule has 0 fully saturated rings. The highest BCUT2D eigenvalue weighted by Gasteiger charge is 2.10. The molecule has 0 heterocycles. The van der Waals surface area contributed by atoms with E-state index >= 15 is 0 Å². The summed E-state index contributed by atoms with van der Waals surface area (Å²) in [6, 6.07) is 14.0. The first kappa shape index (κ1) is 23.3. The lowest BCUT2D eigenvalue weighted by Gasteiger charge is -2.09. The minimum Gasteiger partial charge on any atom is -0.379 e. The van der Waals surface area contributed by atoms with Gasteiger partial charge in [-0.2, -0.15) is 0 Å². The molecule has 0 radical (unpaired) electrons. The fourth-order valence-corrected chi connectivity index (χ4v) is 4.08. The molecular weight excluding hydrogens is 386 g/mol. The molecule has 158 valence electrons. The summed E-state index contributed by atoms with van der Waals surface area (Å²) in [7, 11) is -1.23. The van der Waals surface area contributed by atoms with E-state index in [1.807, 2.05) is 57.2 Å². The monoisotopic (exact) mass is 417 g/mol. The van der Waals surface area contributed by atoms with Gasteiger partial charge in [-0.3, -0.25) is 9.00 Å². The molecule has 6 heteroatoms. The Bertz CT molecular complexity index is 822. The SMILES string of the molecule is CCOCCOCc1cccc(CNC(=O)CS(=O)Cc2ccc(C)cc2C)c1. The molecule has 0 spiro atoms. The van der Waals surface area contributed by atoms with Crippen molar-refractivity contribution in [3.63, 3.8) is 0 Å². The number of carbonyl (C=O) groups is 1. The van der Waals surface area contributed by atoms with Crippen molar-refractivity contribution >= 4 is 16.7 Å². The van der Waals surface area contributed by atoms with Crippen molar-refractivity contribution in [2.75, 3.05) is 25.6 Å². The molecular formula is C23H31NO4S. The maximum atomic E-state index is 12.3. The summed E-state index contributed by atoms with van der Waals surface area (Å²) < 4.78 is 23.2. The lowest BCUT2D eigenvalue weighted by atomic mass is 10.1. The van der Waals surface area contributed by atoms with Gasteiger partial charge in [-0.15, -0.1) is 0 Å². The number of hydrogen-bond acceptors (Lipinski definition) is 4.